The van der Waals surface area contributed by atoms with Gasteiger partial charge in [0, 0.05) is 17.8 Å². The van der Waals surface area contributed by atoms with Crippen LogP contribution >= 0.6 is 23.2 Å². The number of anilines is 1. The van der Waals surface area contributed by atoms with Crippen molar-refractivity contribution < 1.29 is 17.6 Å². The Hall–Kier alpha value is -3.14. The summed E-state index contributed by atoms with van der Waals surface area (Å²) in [7, 11) is -4.41. The van der Waals surface area contributed by atoms with Crippen molar-refractivity contribution >= 4 is 55.7 Å². The molecule has 3 N–H and O–H groups in total. The molecule has 0 aliphatic heterocycles. The van der Waals surface area contributed by atoms with Crippen LogP contribution in [-0.4, -0.2) is 24.3 Å². The average Bonchev–Trinajstić information content (AvgIpc) is 3.60. The lowest BCUT2D eigenvalue weighted by molar-refractivity contribution is 0.0926. The van der Waals surface area contributed by atoms with Crippen molar-refractivity contribution in [3.05, 3.63) is 87.5 Å². The number of benzene rings is 2. The number of carbonyl (C=O) groups excluding carboxylic acids is 1. The third-order valence-electron chi connectivity index (χ3n) is 6.11. The summed E-state index contributed by atoms with van der Waals surface area (Å²) in [5, 5.41) is 3.93. The molecular formula is C25H21Cl2FN4O3S. The number of H-pyrrole nitrogens is 1. The maximum Gasteiger partial charge on any atom is 0.264 e. The molecule has 186 valence electrons. The highest BCUT2D eigenvalue weighted by atomic mass is 35.5. The van der Waals surface area contributed by atoms with Crippen molar-refractivity contribution in [1.82, 2.24) is 15.3 Å². The van der Waals surface area contributed by atoms with Crippen LogP contribution in [0.25, 0.3) is 10.9 Å². The first-order valence-electron chi connectivity index (χ1n) is 11.2. The minimum atomic E-state index is -4.41. The van der Waals surface area contributed by atoms with Gasteiger partial charge in [0.05, 0.1) is 38.5 Å². The smallest absolute Gasteiger partial charge is 0.264 e. The minimum absolute atomic E-state index is 0.134. The summed E-state index contributed by atoms with van der Waals surface area (Å²) >= 11 is 12.3. The van der Waals surface area contributed by atoms with Crippen molar-refractivity contribution in [1.29, 1.82) is 0 Å². The van der Waals surface area contributed by atoms with Crippen molar-refractivity contribution in [2.45, 2.75) is 30.7 Å². The van der Waals surface area contributed by atoms with Gasteiger partial charge < -0.3 is 10.3 Å². The molecule has 11 heteroatoms. The van der Waals surface area contributed by atoms with E-state index in [0.717, 1.165) is 24.5 Å². The zero-order valence-corrected chi connectivity index (χ0v) is 21.3. The van der Waals surface area contributed by atoms with Gasteiger partial charge in [0.2, 0.25) is 0 Å². The lowest BCUT2D eigenvalue weighted by Crippen LogP contribution is -2.31. The first kappa shape index (κ1) is 24.5. The van der Waals surface area contributed by atoms with Gasteiger partial charge in [-0.1, -0.05) is 29.3 Å². The van der Waals surface area contributed by atoms with Crippen molar-refractivity contribution in [3.8, 4) is 0 Å². The first-order valence-corrected chi connectivity index (χ1v) is 13.4. The Bertz CT molecular complexity index is 1600. The number of pyridine rings is 1. The number of aryl methyl sites for hydroxylation is 1. The zero-order chi connectivity index (χ0) is 25.6. The Kier molecular flexibility index (Phi) is 6.40. The standard InChI is InChI=1S/C25H21Cl2FN4O3S/c1-13-9-10-29-19(11-13)23(14-5-6-14)31-25(33)15-3-2-4-20(22(15)28)36(34,35)32-18-8-7-16(26)21-17(27)12-30-24(18)21/h2-4,7-12,14,23,30,32H,5-6H2,1H3,(H,31,33)/t23-/m0/s1. The number of carbonyl (C=O) groups is 1. The molecule has 1 fully saturated rings. The van der Waals surface area contributed by atoms with E-state index in [1.54, 1.807) is 6.20 Å². The van der Waals surface area contributed by atoms with Crippen LogP contribution in [0.5, 0.6) is 0 Å². The van der Waals surface area contributed by atoms with Crippen LogP contribution in [0.4, 0.5) is 10.1 Å². The summed E-state index contributed by atoms with van der Waals surface area (Å²) in [6, 6.07) is 9.95. The molecule has 1 aliphatic rings. The van der Waals surface area contributed by atoms with Gasteiger partial charge in [-0.25, -0.2) is 12.8 Å². The van der Waals surface area contributed by atoms with Gasteiger partial charge in [-0.05, 0) is 67.6 Å². The summed E-state index contributed by atoms with van der Waals surface area (Å²) in [4.78, 5) is 19.7. The number of rotatable bonds is 7. The van der Waals surface area contributed by atoms with E-state index in [0.29, 0.717) is 26.6 Å². The predicted octanol–water partition coefficient (Wildman–Crippen LogP) is 6.00. The average molecular weight is 547 g/mol. The van der Waals surface area contributed by atoms with E-state index < -0.39 is 32.7 Å². The molecule has 0 radical (unpaired) electrons. The number of sulfonamides is 1. The Morgan fingerprint density at radius 3 is 2.67 bits per heavy atom. The number of nitrogens with zero attached hydrogens (tertiary/aromatic N) is 1. The van der Waals surface area contributed by atoms with Crippen LogP contribution in [0.1, 0.15) is 40.5 Å². The van der Waals surface area contributed by atoms with Crippen molar-refractivity contribution in [3.63, 3.8) is 0 Å². The van der Waals surface area contributed by atoms with Crippen LogP contribution in [0.2, 0.25) is 10.0 Å². The highest BCUT2D eigenvalue weighted by Gasteiger charge is 2.35. The quantitative estimate of drug-likeness (QED) is 0.264. The number of hydrogen-bond acceptors (Lipinski definition) is 4. The molecule has 1 saturated carbocycles. The van der Waals surface area contributed by atoms with Crippen LogP contribution < -0.4 is 10.0 Å². The molecule has 2 heterocycles. The van der Waals surface area contributed by atoms with Crippen LogP contribution in [0.3, 0.4) is 0 Å². The van der Waals surface area contributed by atoms with E-state index in [1.807, 2.05) is 19.1 Å². The maximum absolute atomic E-state index is 15.5. The van der Waals surface area contributed by atoms with E-state index in [1.165, 1.54) is 30.5 Å². The van der Waals surface area contributed by atoms with E-state index in [4.69, 9.17) is 23.2 Å². The van der Waals surface area contributed by atoms with Gasteiger partial charge >= 0.3 is 0 Å². The lowest BCUT2D eigenvalue weighted by Gasteiger charge is -2.19. The summed E-state index contributed by atoms with van der Waals surface area (Å²) < 4.78 is 44.2. The van der Waals surface area contributed by atoms with E-state index in [-0.39, 0.29) is 17.2 Å². The number of aromatic nitrogens is 2. The Balaban J connectivity index is 1.45. The molecule has 4 aromatic rings. The molecule has 0 unspecified atom stereocenters. The second kappa shape index (κ2) is 9.38. The number of nitrogens with one attached hydrogen (secondary N) is 3. The fourth-order valence-electron chi connectivity index (χ4n) is 4.16. The highest BCUT2D eigenvalue weighted by Crippen LogP contribution is 2.41. The zero-order valence-electron chi connectivity index (χ0n) is 19.0. The van der Waals surface area contributed by atoms with Crippen LogP contribution in [0, 0.1) is 18.7 Å². The van der Waals surface area contributed by atoms with Crippen molar-refractivity contribution in [2.24, 2.45) is 5.92 Å². The second-order valence-electron chi connectivity index (χ2n) is 8.75. The largest absolute Gasteiger partial charge is 0.358 e. The summed E-state index contributed by atoms with van der Waals surface area (Å²) in [6.45, 7) is 1.92. The molecule has 1 aliphatic carbocycles. The maximum atomic E-state index is 15.5. The van der Waals surface area contributed by atoms with Crippen molar-refractivity contribution in [2.75, 3.05) is 4.72 Å². The normalized spacial score (nSPS) is 14.6. The Morgan fingerprint density at radius 1 is 1.17 bits per heavy atom. The highest BCUT2D eigenvalue weighted by molar-refractivity contribution is 7.92. The number of aromatic amines is 1. The molecule has 1 amide bonds. The molecule has 1 atom stereocenters. The predicted molar refractivity (Wildman–Crippen MR) is 137 cm³/mol. The fraction of sp³-hybridized carbons (Fsp3) is 0.200. The SMILES string of the molecule is Cc1ccnc([C@@H](NC(=O)c2cccc(S(=O)(=O)Nc3ccc(Cl)c4c(Cl)c[nH]c34)c2F)C2CC2)c1. The van der Waals surface area contributed by atoms with Gasteiger partial charge in [-0.3, -0.25) is 14.5 Å². The monoisotopic (exact) mass is 546 g/mol. The van der Waals surface area contributed by atoms with E-state index in [2.05, 4.69) is 20.0 Å². The van der Waals surface area contributed by atoms with Gasteiger partial charge in [-0.15, -0.1) is 0 Å². The lowest BCUT2D eigenvalue weighted by atomic mass is 10.1. The number of fused-ring (bicyclic) bond motifs is 1. The molecule has 0 spiro atoms. The number of amides is 1. The molecule has 36 heavy (non-hydrogen) atoms. The van der Waals surface area contributed by atoms with Gasteiger partial charge in [0.1, 0.15) is 4.90 Å². The van der Waals surface area contributed by atoms with Crippen LogP contribution in [0.15, 0.2) is 59.8 Å². The first-order chi connectivity index (χ1) is 17.2. The molecule has 0 saturated heterocycles. The molecular weight excluding hydrogens is 526 g/mol. The third-order valence-corrected chi connectivity index (χ3v) is 8.11. The molecule has 0 bridgehead atoms. The fourth-order valence-corrected chi connectivity index (χ4v) is 5.89. The van der Waals surface area contributed by atoms with E-state index >= 15 is 4.39 Å². The molecule has 5 rings (SSSR count). The van der Waals surface area contributed by atoms with E-state index in [9.17, 15) is 13.2 Å². The third kappa shape index (κ3) is 4.66. The minimum Gasteiger partial charge on any atom is -0.358 e. The molecule has 7 nitrogen and oxygen atoms in total. The molecule has 2 aromatic heterocycles. The summed E-state index contributed by atoms with van der Waals surface area (Å²) in [5.74, 6) is -1.67. The summed E-state index contributed by atoms with van der Waals surface area (Å²) in [6.07, 6.45) is 4.97. The molecule has 2 aromatic carbocycles. The topological polar surface area (TPSA) is 104 Å². The Labute approximate surface area is 217 Å². The van der Waals surface area contributed by atoms with Gasteiger partial charge in [0.15, 0.2) is 5.82 Å². The van der Waals surface area contributed by atoms with Crippen LogP contribution in [-0.2, 0) is 10.0 Å². The van der Waals surface area contributed by atoms with Gasteiger partial charge in [-0.2, -0.15) is 0 Å². The number of halogens is 3. The summed E-state index contributed by atoms with van der Waals surface area (Å²) in [5.41, 5.74) is 1.79. The number of hydrogen-bond donors (Lipinski definition) is 3. The second-order valence-corrected chi connectivity index (χ2v) is 11.2. The van der Waals surface area contributed by atoms with Gasteiger partial charge in [0.25, 0.3) is 15.9 Å². The Morgan fingerprint density at radius 2 is 1.94 bits per heavy atom.